The molecule has 0 atom stereocenters. The maximum absolute atomic E-state index is 12.3. The Balaban J connectivity index is 1.65. The van der Waals surface area contributed by atoms with E-state index in [0.29, 0.717) is 22.0 Å². The van der Waals surface area contributed by atoms with E-state index >= 15 is 0 Å². The van der Waals surface area contributed by atoms with E-state index in [1.165, 1.54) is 19.1 Å². The molecule has 0 unspecified atom stereocenters. The average molecular weight is 440 g/mol. The first-order valence-corrected chi connectivity index (χ1v) is 9.69. The highest BCUT2D eigenvalue weighted by Crippen LogP contribution is 2.33. The Kier molecular flexibility index (Phi) is 6.72. The molecule has 11 nitrogen and oxygen atoms in total. The molecule has 0 saturated carbocycles. The first kappa shape index (κ1) is 21.6. The molecule has 2 aromatic heterocycles. The molecule has 0 aliphatic carbocycles. The lowest BCUT2D eigenvalue weighted by atomic mass is 10.2. The molecular weight excluding hydrogens is 424 g/mol. The van der Waals surface area contributed by atoms with Crippen molar-refractivity contribution < 1.29 is 19.2 Å². The van der Waals surface area contributed by atoms with Crippen molar-refractivity contribution in [1.29, 1.82) is 0 Å². The summed E-state index contributed by atoms with van der Waals surface area (Å²) in [5.74, 6) is -0.208. The third-order valence-corrected chi connectivity index (χ3v) is 4.58. The molecule has 31 heavy (non-hydrogen) atoms. The van der Waals surface area contributed by atoms with E-state index in [0.717, 1.165) is 17.5 Å². The number of rotatable bonds is 7. The van der Waals surface area contributed by atoms with Crippen LogP contribution in [0.3, 0.4) is 0 Å². The van der Waals surface area contributed by atoms with E-state index in [-0.39, 0.29) is 29.0 Å². The highest BCUT2D eigenvalue weighted by Gasteiger charge is 2.15. The van der Waals surface area contributed by atoms with Crippen molar-refractivity contribution in [1.82, 2.24) is 15.2 Å². The lowest BCUT2D eigenvalue weighted by Gasteiger charge is -2.05. The zero-order valence-corrected chi connectivity index (χ0v) is 17.3. The second kappa shape index (κ2) is 9.63. The summed E-state index contributed by atoms with van der Waals surface area (Å²) in [6.45, 7) is 2.95. The number of amides is 1. The van der Waals surface area contributed by atoms with E-state index < -0.39 is 10.9 Å². The molecule has 0 spiro atoms. The van der Waals surface area contributed by atoms with Gasteiger partial charge >= 0.3 is 5.97 Å². The van der Waals surface area contributed by atoms with Gasteiger partial charge in [0.15, 0.2) is 10.8 Å². The largest absolute Gasteiger partial charge is 0.426 e. The highest BCUT2D eigenvalue weighted by atomic mass is 32.1. The van der Waals surface area contributed by atoms with Crippen molar-refractivity contribution in [3.8, 4) is 16.3 Å². The number of aliphatic imine (C=N–C) groups is 1. The number of nitrogens with zero attached hydrogens (tertiary/aromatic N) is 5. The van der Waals surface area contributed by atoms with E-state index in [9.17, 15) is 19.7 Å². The van der Waals surface area contributed by atoms with Gasteiger partial charge in [-0.15, -0.1) is 10.2 Å². The molecule has 12 heteroatoms. The summed E-state index contributed by atoms with van der Waals surface area (Å²) < 4.78 is 5.17. The van der Waals surface area contributed by atoms with Crippen molar-refractivity contribution in [2.75, 3.05) is 5.32 Å². The number of nitrogens with one attached hydrogen (secondary N) is 1. The van der Waals surface area contributed by atoms with Crippen LogP contribution in [-0.2, 0) is 9.59 Å². The fraction of sp³-hybridized carbons (Fsp3) is 0.158. The zero-order valence-electron chi connectivity index (χ0n) is 16.4. The number of aromatic nitrogens is 3. The summed E-state index contributed by atoms with van der Waals surface area (Å²) >= 11 is 1.13. The standard InChI is InChI=1S/C19H16N6O5S/c1-11(21-16-8-7-13(10-20-16)25(28)29)9-17(27)22-19-24-23-18(31-19)14-5-3-4-6-15(14)30-12(2)26/h3-8,10H,9H2,1-2H3,(H,22,24,27). The van der Waals surface area contributed by atoms with Crippen molar-refractivity contribution in [2.45, 2.75) is 20.3 Å². The number of anilines is 1. The topological polar surface area (TPSA) is 150 Å². The number of hydrogen-bond acceptors (Lipinski definition) is 10. The average Bonchev–Trinajstić information content (AvgIpc) is 3.16. The minimum absolute atomic E-state index is 0.0301. The monoisotopic (exact) mass is 440 g/mol. The molecule has 2 heterocycles. The molecule has 0 radical (unpaired) electrons. The fourth-order valence-corrected chi connectivity index (χ4v) is 3.24. The summed E-state index contributed by atoms with van der Waals surface area (Å²) in [6.07, 6.45) is 1.07. The predicted molar refractivity (Wildman–Crippen MR) is 114 cm³/mol. The molecule has 0 saturated heterocycles. The SMILES string of the molecule is CC(=O)Oc1ccccc1-c1nnc(NC(=O)CC(C)=Nc2ccc([N+](=O)[O-])cn2)s1. The number of esters is 1. The second-order valence-corrected chi connectivity index (χ2v) is 7.18. The molecule has 0 aliphatic heterocycles. The Hall–Kier alpha value is -4.06. The molecule has 3 rings (SSSR count). The first-order valence-electron chi connectivity index (χ1n) is 8.87. The van der Waals surface area contributed by atoms with Gasteiger partial charge in [0, 0.05) is 18.7 Å². The Labute approximate surface area is 180 Å². The number of ether oxygens (including phenoxy) is 1. The fourth-order valence-electron chi connectivity index (χ4n) is 2.45. The smallest absolute Gasteiger partial charge is 0.308 e. The van der Waals surface area contributed by atoms with Crippen LogP contribution in [0.5, 0.6) is 5.75 Å². The van der Waals surface area contributed by atoms with Gasteiger partial charge < -0.3 is 10.1 Å². The van der Waals surface area contributed by atoms with E-state index in [1.807, 2.05) is 0 Å². The van der Waals surface area contributed by atoms with Crippen LogP contribution in [0.25, 0.3) is 10.6 Å². The normalized spacial score (nSPS) is 11.1. The van der Waals surface area contributed by atoms with Crippen LogP contribution in [0.15, 0.2) is 47.6 Å². The van der Waals surface area contributed by atoms with Gasteiger partial charge in [0.25, 0.3) is 5.69 Å². The summed E-state index contributed by atoms with van der Waals surface area (Å²) in [5.41, 5.74) is 0.901. The first-order chi connectivity index (χ1) is 14.8. The Morgan fingerprint density at radius 3 is 2.65 bits per heavy atom. The molecule has 158 valence electrons. The third-order valence-electron chi connectivity index (χ3n) is 3.71. The minimum atomic E-state index is -0.554. The van der Waals surface area contributed by atoms with Crippen molar-refractivity contribution in [3.63, 3.8) is 0 Å². The molecule has 1 aromatic carbocycles. The number of carbonyl (C=O) groups is 2. The number of benzene rings is 1. The number of carbonyl (C=O) groups excluding carboxylic acids is 2. The molecule has 0 bridgehead atoms. The molecule has 0 fully saturated rings. The number of nitro groups is 1. The Bertz CT molecular complexity index is 1160. The second-order valence-electron chi connectivity index (χ2n) is 6.21. The maximum atomic E-state index is 12.3. The van der Waals surface area contributed by atoms with Crippen molar-refractivity contribution >= 4 is 45.6 Å². The van der Waals surface area contributed by atoms with Crippen LogP contribution in [-0.4, -0.2) is 37.7 Å². The molecule has 1 N–H and O–H groups in total. The van der Waals surface area contributed by atoms with Gasteiger partial charge in [-0.05, 0) is 25.1 Å². The number of hydrogen-bond donors (Lipinski definition) is 1. The van der Waals surface area contributed by atoms with E-state index in [1.54, 1.807) is 31.2 Å². The Morgan fingerprint density at radius 2 is 1.97 bits per heavy atom. The van der Waals surface area contributed by atoms with Crippen molar-refractivity contribution in [3.05, 3.63) is 52.7 Å². The van der Waals surface area contributed by atoms with Crippen LogP contribution >= 0.6 is 11.3 Å². The quantitative estimate of drug-likeness (QED) is 0.193. The van der Waals surface area contributed by atoms with E-state index in [4.69, 9.17) is 4.74 Å². The zero-order chi connectivity index (χ0) is 22.4. The van der Waals surface area contributed by atoms with Gasteiger partial charge in [-0.25, -0.2) is 9.98 Å². The van der Waals surface area contributed by atoms with Crippen molar-refractivity contribution in [2.24, 2.45) is 4.99 Å². The lowest BCUT2D eigenvalue weighted by Crippen LogP contribution is -2.14. The molecule has 1 amide bonds. The van der Waals surface area contributed by atoms with Crippen LogP contribution in [0.4, 0.5) is 16.6 Å². The van der Waals surface area contributed by atoms with Gasteiger partial charge in [0.05, 0.1) is 16.9 Å². The summed E-state index contributed by atoms with van der Waals surface area (Å²) in [5, 5.41) is 22.0. The lowest BCUT2D eigenvalue weighted by molar-refractivity contribution is -0.385. The van der Waals surface area contributed by atoms with E-state index in [2.05, 4.69) is 25.5 Å². The molecule has 0 aliphatic rings. The summed E-state index contributed by atoms with van der Waals surface area (Å²) in [4.78, 5) is 41.7. The van der Waals surface area contributed by atoms with Gasteiger partial charge in [0.2, 0.25) is 11.0 Å². The van der Waals surface area contributed by atoms with Crippen LogP contribution < -0.4 is 10.1 Å². The Morgan fingerprint density at radius 1 is 1.19 bits per heavy atom. The maximum Gasteiger partial charge on any atom is 0.308 e. The van der Waals surface area contributed by atoms with Crippen LogP contribution in [0.2, 0.25) is 0 Å². The number of para-hydroxylation sites is 1. The van der Waals surface area contributed by atoms with Gasteiger partial charge in [-0.2, -0.15) is 0 Å². The summed E-state index contributed by atoms with van der Waals surface area (Å²) in [6, 6.07) is 9.56. The van der Waals surface area contributed by atoms with Crippen LogP contribution in [0.1, 0.15) is 20.3 Å². The highest BCUT2D eigenvalue weighted by molar-refractivity contribution is 7.18. The van der Waals surface area contributed by atoms with Gasteiger partial charge in [0.1, 0.15) is 11.9 Å². The van der Waals surface area contributed by atoms with Crippen LogP contribution in [0, 0.1) is 10.1 Å². The summed E-state index contributed by atoms with van der Waals surface area (Å²) in [7, 11) is 0. The molecule has 3 aromatic rings. The minimum Gasteiger partial charge on any atom is -0.426 e. The van der Waals surface area contributed by atoms with Gasteiger partial charge in [-0.3, -0.25) is 19.7 Å². The molecular formula is C19H16N6O5S. The predicted octanol–water partition coefficient (Wildman–Crippen LogP) is 3.55. The van der Waals surface area contributed by atoms with Gasteiger partial charge in [-0.1, -0.05) is 23.5 Å². The number of pyridine rings is 1. The third kappa shape index (κ3) is 5.96.